The molecule has 0 fully saturated rings. The summed E-state index contributed by atoms with van der Waals surface area (Å²) in [6.45, 7) is 8.85. The second kappa shape index (κ2) is 13.4. The first kappa shape index (κ1) is 29.1. The van der Waals surface area contributed by atoms with Crippen LogP contribution in [-0.2, 0) is 11.3 Å². The van der Waals surface area contributed by atoms with Crippen LogP contribution in [0.4, 0.5) is 5.69 Å². The number of carboxylic acid groups (broad SMARTS) is 1. The zero-order chi connectivity index (χ0) is 26.4. The SMILES string of the molecule is CCN(CC)c1ccc2cc(C=Cc3ccc4cccc(C)c4[n+]3CCCCCC(=O)O)c(=O)oc2c1.[Br-]. The number of carbonyl (C=O) groups is 1. The standard InChI is InChI=1S/C31H34N2O4.BrH/c1-4-32(5-2)27-18-14-24-20-25(31(36)37-28(24)21-27)15-17-26-16-13-23-11-9-10-22(3)30(23)33(26)19-8-6-7-12-29(34)35;/h9-11,13-18,20-21H,4-8,12,19H2,1-3H3;1H. The number of unbranched alkanes of at least 4 members (excludes halogenated alkanes) is 2. The number of nitrogens with zero attached hydrogens (tertiary/aromatic N) is 2. The van der Waals surface area contributed by atoms with Gasteiger partial charge < -0.3 is 31.4 Å². The smallest absolute Gasteiger partial charge is 0.343 e. The van der Waals surface area contributed by atoms with Crippen LogP contribution in [0.15, 0.2) is 63.8 Å². The van der Waals surface area contributed by atoms with Crippen LogP contribution >= 0.6 is 0 Å². The average Bonchev–Trinajstić information content (AvgIpc) is 2.88. The van der Waals surface area contributed by atoms with E-state index in [0.29, 0.717) is 17.6 Å². The molecular weight excluding hydrogens is 544 g/mol. The van der Waals surface area contributed by atoms with Gasteiger partial charge in [-0.2, -0.15) is 4.57 Å². The van der Waals surface area contributed by atoms with Crippen LogP contribution in [0, 0.1) is 6.92 Å². The van der Waals surface area contributed by atoms with Gasteiger partial charge in [0.25, 0.3) is 0 Å². The average molecular weight is 580 g/mol. The predicted octanol–water partition coefficient (Wildman–Crippen LogP) is 3.21. The van der Waals surface area contributed by atoms with Gasteiger partial charge in [0.15, 0.2) is 0 Å². The molecular formula is C31H35BrN2O4. The van der Waals surface area contributed by atoms with Crippen LogP contribution in [-0.4, -0.2) is 24.2 Å². The second-order valence-corrected chi connectivity index (χ2v) is 9.34. The van der Waals surface area contributed by atoms with Gasteiger partial charge in [-0.1, -0.05) is 12.1 Å². The van der Waals surface area contributed by atoms with Gasteiger partial charge in [0.2, 0.25) is 11.2 Å². The maximum atomic E-state index is 12.8. The van der Waals surface area contributed by atoms with Gasteiger partial charge in [-0.25, -0.2) is 4.79 Å². The van der Waals surface area contributed by atoms with E-state index in [1.165, 1.54) is 5.56 Å². The minimum absolute atomic E-state index is 0. The molecule has 0 amide bonds. The maximum absolute atomic E-state index is 12.8. The minimum Gasteiger partial charge on any atom is -1.00 e. The van der Waals surface area contributed by atoms with Crippen molar-refractivity contribution in [3.8, 4) is 0 Å². The Morgan fingerprint density at radius 2 is 1.74 bits per heavy atom. The number of anilines is 1. The van der Waals surface area contributed by atoms with Crippen molar-refractivity contribution in [3.63, 3.8) is 0 Å². The molecule has 4 aromatic rings. The highest BCUT2D eigenvalue weighted by atomic mass is 79.9. The van der Waals surface area contributed by atoms with Gasteiger partial charge in [-0.3, -0.25) is 4.79 Å². The van der Waals surface area contributed by atoms with E-state index < -0.39 is 5.97 Å². The third kappa shape index (κ3) is 6.70. The van der Waals surface area contributed by atoms with E-state index >= 15 is 0 Å². The zero-order valence-corrected chi connectivity index (χ0v) is 23.8. The van der Waals surface area contributed by atoms with E-state index in [0.717, 1.165) is 60.1 Å². The number of pyridine rings is 1. The van der Waals surface area contributed by atoms with Crippen LogP contribution < -0.4 is 32.1 Å². The van der Waals surface area contributed by atoms with Gasteiger partial charge in [0.1, 0.15) is 12.1 Å². The number of carboxylic acids is 1. The molecule has 6 nitrogen and oxygen atoms in total. The molecule has 200 valence electrons. The Kier molecular flexibility index (Phi) is 10.2. The molecule has 0 aliphatic heterocycles. The monoisotopic (exact) mass is 578 g/mol. The first-order valence-electron chi connectivity index (χ1n) is 13.1. The highest BCUT2D eigenvalue weighted by molar-refractivity contribution is 5.84. The van der Waals surface area contributed by atoms with Crippen molar-refractivity contribution in [1.29, 1.82) is 0 Å². The number of halogens is 1. The summed E-state index contributed by atoms with van der Waals surface area (Å²) in [7, 11) is 0. The second-order valence-electron chi connectivity index (χ2n) is 9.34. The summed E-state index contributed by atoms with van der Waals surface area (Å²) in [6.07, 6.45) is 6.36. The molecule has 4 rings (SSSR count). The molecule has 0 saturated carbocycles. The Balaban J connectivity index is 0.00000400. The molecule has 2 aromatic carbocycles. The van der Waals surface area contributed by atoms with E-state index in [1.807, 2.05) is 30.4 Å². The summed E-state index contributed by atoms with van der Waals surface area (Å²) in [5.74, 6) is -0.754. The van der Waals surface area contributed by atoms with E-state index in [1.54, 1.807) is 0 Å². The molecule has 38 heavy (non-hydrogen) atoms. The van der Waals surface area contributed by atoms with E-state index in [2.05, 4.69) is 66.6 Å². The lowest BCUT2D eigenvalue weighted by Gasteiger charge is -2.20. The summed E-state index contributed by atoms with van der Waals surface area (Å²) >= 11 is 0. The Bertz CT molecular complexity index is 1510. The van der Waals surface area contributed by atoms with Crippen molar-refractivity contribution in [3.05, 3.63) is 81.8 Å². The lowest BCUT2D eigenvalue weighted by Crippen LogP contribution is -3.00. The number of hydrogen-bond acceptors (Lipinski definition) is 4. The Labute approximate surface area is 234 Å². The fourth-order valence-electron chi connectivity index (χ4n) is 4.88. The van der Waals surface area contributed by atoms with Crippen LogP contribution in [0.25, 0.3) is 34.0 Å². The number of benzene rings is 2. The molecule has 1 N–H and O–H groups in total. The summed E-state index contributed by atoms with van der Waals surface area (Å²) in [5.41, 5.74) is 5.07. The lowest BCUT2D eigenvalue weighted by molar-refractivity contribution is -0.673. The molecule has 0 aliphatic rings. The van der Waals surface area contributed by atoms with Crippen molar-refractivity contribution in [2.45, 2.75) is 53.0 Å². The molecule has 0 spiro atoms. The predicted molar refractivity (Wildman–Crippen MR) is 150 cm³/mol. The summed E-state index contributed by atoms with van der Waals surface area (Å²) in [4.78, 5) is 25.9. The van der Waals surface area contributed by atoms with Crippen LogP contribution in [0.1, 0.15) is 56.4 Å². The van der Waals surface area contributed by atoms with Crippen molar-refractivity contribution < 1.29 is 35.9 Å². The number of fused-ring (bicyclic) bond motifs is 2. The molecule has 0 radical (unpaired) electrons. The fourth-order valence-corrected chi connectivity index (χ4v) is 4.88. The summed E-state index contributed by atoms with van der Waals surface area (Å²) in [5, 5.41) is 11.0. The summed E-state index contributed by atoms with van der Waals surface area (Å²) < 4.78 is 7.97. The maximum Gasteiger partial charge on any atom is 0.343 e. The largest absolute Gasteiger partial charge is 1.00 e. The lowest BCUT2D eigenvalue weighted by atomic mass is 10.1. The Morgan fingerprint density at radius 3 is 2.47 bits per heavy atom. The minimum atomic E-state index is -0.754. The van der Waals surface area contributed by atoms with E-state index in [-0.39, 0.29) is 29.0 Å². The number of aliphatic carboxylic acids is 1. The van der Waals surface area contributed by atoms with Crippen molar-refractivity contribution in [2.24, 2.45) is 0 Å². The molecule has 0 aliphatic carbocycles. The zero-order valence-electron chi connectivity index (χ0n) is 22.2. The number of aromatic nitrogens is 1. The molecule has 0 bridgehead atoms. The van der Waals surface area contributed by atoms with Gasteiger partial charge in [0, 0.05) is 66.2 Å². The number of aryl methyl sites for hydroxylation is 2. The molecule has 7 heteroatoms. The normalized spacial score (nSPS) is 11.2. The first-order valence-corrected chi connectivity index (χ1v) is 13.1. The molecule has 0 unspecified atom stereocenters. The number of rotatable bonds is 11. The molecule has 2 heterocycles. The quantitative estimate of drug-likeness (QED) is 0.168. The molecule has 0 atom stereocenters. The van der Waals surface area contributed by atoms with Crippen LogP contribution in [0.5, 0.6) is 0 Å². The van der Waals surface area contributed by atoms with Gasteiger partial charge in [-0.15, -0.1) is 0 Å². The van der Waals surface area contributed by atoms with Crippen molar-refractivity contribution in [2.75, 3.05) is 18.0 Å². The molecule has 2 aromatic heterocycles. The third-order valence-electron chi connectivity index (χ3n) is 6.87. The Hall–Kier alpha value is -3.45. The van der Waals surface area contributed by atoms with Crippen LogP contribution in [0.2, 0.25) is 0 Å². The van der Waals surface area contributed by atoms with Gasteiger partial charge in [0.05, 0.1) is 5.56 Å². The number of hydrogen-bond donors (Lipinski definition) is 1. The van der Waals surface area contributed by atoms with E-state index in [9.17, 15) is 9.59 Å². The topological polar surface area (TPSA) is 74.6 Å². The first-order chi connectivity index (χ1) is 17.9. The summed E-state index contributed by atoms with van der Waals surface area (Å²) in [6, 6.07) is 18.3. The number of para-hydroxylation sites is 1. The van der Waals surface area contributed by atoms with Crippen molar-refractivity contribution in [1.82, 2.24) is 0 Å². The van der Waals surface area contributed by atoms with Gasteiger partial charge >= 0.3 is 11.6 Å². The Morgan fingerprint density at radius 1 is 0.974 bits per heavy atom. The third-order valence-corrected chi connectivity index (χ3v) is 6.87. The van der Waals surface area contributed by atoms with Crippen LogP contribution in [0.3, 0.4) is 0 Å². The highest BCUT2D eigenvalue weighted by Crippen LogP contribution is 2.23. The van der Waals surface area contributed by atoms with Gasteiger partial charge in [-0.05, 0) is 70.0 Å². The molecule has 0 saturated heterocycles. The van der Waals surface area contributed by atoms with Crippen molar-refractivity contribution >= 4 is 45.7 Å². The fraction of sp³-hybridized carbons (Fsp3) is 0.323. The highest BCUT2D eigenvalue weighted by Gasteiger charge is 2.16. The van der Waals surface area contributed by atoms with E-state index in [4.69, 9.17) is 9.52 Å².